The topological polar surface area (TPSA) is 81.4 Å². The number of benzene rings is 1. The molecule has 0 fully saturated rings. The Balaban J connectivity index is 1.89. The van der Waals surface area contributed by atoms with Crippen LogP contribution in [0.3, 0.4) is 0 Å². The summed E-state index contributed by atoms with van der Waals surface area (Å²) in [6.45, 7) is 2.13. The van der Waals surface area contributed by atoms with Gasteiger partial charge in [-0.25, -0.2) is 0 Å². The highest BCUT2D eigenvalue weighted by molar-refractivity contribution is 7.10. The lowest BCUT2D eigenvalue weighted by Crippen LogP contribution is -2.27. The van der Waals surface area contributed by atoms with Crippen molar-refractivity contribution in [1.29, 1.82) is 0 Å². The summed E-state index contributed by atoms with van der Waals surface area (Å²) in [6, 6.07) is 11.1. The van der Waals surface area contributed by atoms with Gasteiger partial charge in [0.05, 0.1) is 5.92 Å². The van der Waals surface area contributed by atoms with Gasteiger partial charge in [0.1, 0.15) is 5.75 Å². The first kappa shape index (κ1) is 16.0. The lowest BCUT2D eigenvalue weighted by Gasteiger charge is -2.11. The Bertz CT molecular complexity index is 641. The quantitative estimate of drug-likeness (QED) is 0.819. The van der Waals surface area contributed by atoms with Gasteiger partial charge in [-0.15, -0.1) is 11.3 Å². The van der Waals surface area contributed by atoms with Crippen molar-refractivity contribution >= 4 is 23.2 Å². The third-order valence-electron chi connectivity index (χ3n) is 3.11. The van der Waals surface area contributed by atoms with E-state index in [0.29, 0.717) is 12.3 Å². The average Bonchev–Trinajstić information content (AvgIpc) is 3.04. The van der Waals surface area contributed by atoms with Crippen molar-refractivity contribution < 1.29 is 14.3 Å². The Morgan fingerprint density at radius 1 is 1.32 bits per heavy atom. The number of nitrogens with one attached hydrogen (secondary N) is 1. The first-order valence-electron chi connectivity index (χ1n) is 6.87. The molecule has 1 unspecified atom stereocenters. The SMILES string of the molecule is CC(C(=O)NCc1cccc(OCC(N)=O)c1)c1cccs1. The van der Waals surface area contributed by atoms with Crippen LogP contribution < -0.4 is 15.8 Å². The van der Waals surface area contributed by atoms with E-state index < -0.39 is 5.91 Å². The summed E-state index contributed by atoms with van der Waals surface area (Å²) in [5, 5.41) is 4.86. The van der Waals surface area contributed by atoms with Gasteiger partial charge in [-0.05, 0) is 36.1 Å². The van der Waals surface area contributed by atoms with Crippen molar-refractivity contribution in [3.05, 3.63) is 52.2 Å². The van der Waals surface area contributed by atoms with Crippen LogP contribution in [-0.2, 0) is 16.1 Å². The van der Waals surface area contributed by atoms with Gasteiger partial charge in [0.2, 0.25) is 5.91 Å². The summed E-state index contributed by atoms with van der Waals surface area (Å²) >= 11 is 1.57. The van der Waals surface area contributed by atoms with Crippen LogP contribution in [0.1, 0.15) is 23.3 Å². The molecule has 3 N–H and O–H groups in total. The summed E-state index contributed by atoms with van der Waals surface area (Å²) < 4.78 is 5.24. The molecule has 0 aliphatic rings. The van der Waals surface area contributed by atoms with Crippen molar-refractivity contribution in [2.24, 2.45) is 5.73 Å². The highest BCUT2D eigenvalue weighted by atomic mass is 32.1. The Hall–Kier alpha value is -2.34. The van der Waals surface area contributed by atoms with Crippen molar-refractivity contribution in [2.75, 3.05) is 6.61 Å². The summed E-state index contributed by atoms with van der Waals surface area (Å²) in [5.74, 6) is -0.166. The summed E-state index contributed by atoms with van der Waals surface area (Å²) in [6.07, 6.45) is 0. The molecule has 1 aromatic heterocycles. The van der Waals surface area contributed by atoms with Crippen LogP contribution in [0.4, 0.5) is 0 Å². The molecule has 116 valence electrons. The molecule has 5 nitrogen and oxygen atoms in total. The minimum absolute atomic E-state index is 0.0223. The standard InChI is InChI=1S/C16H18N2O3S/c1-11(14-6-3-7-22-14)16(20)18-9-12-4-2-5-13(8-12)21-10-15(17)19/h2-8,11H,9-10H2,1H3,(H2,17,19)(H,18,20). The van der Waals surface area contributed by atoms with Crippen LogP contribution in [0, 0.1) is 0 Å². The molecule has 0 saturated heterocycles. The van der Waals surface area contributed by atoms with E-state index in [1.165, 1.54) is 0 Å². The van der Waals surface area contributed by atoms with Gasteiger partial charge in [-0.3, -0.25) is 9.59 Å². The maximum absolute atomic E-state index is 12.1. The van der Waals surface area contributed by atoms with E-state index in [-0.39, 0.29) is 18.4 Å². The molecule has 0 aliphatic carbocycles. The zero-order chi connectivity index (χ0) is 15.9. The number of carbonyl (C=O) groups is 2. The molecular weight excluding hydrogens is 300 g/mol. The van der Waals surface area contributed by atoms with E-state index >= 15 is 0 Å². The molecule has 0 radical (unpaired) electrons. The fourth-order valence-electron chi connectivity index (χ4n) is 1.91. The molecule has 2 rings (SSSR count). The van der Waals surface area contributed by atoms with Gasteiger partial charge in [0, 0.05) is 11.4 Å². The van der Waals surface area contributed by atoms with Crippen molar-refractivity contribution in [3.8, 4) is 5.75 Å². The van der Waals surface area contributed by atoms with Gasteiger partial charge in [-0.1, -0.05) is 18.2 Å². The third kappa shape index (κ3) is 4.60. The highest BCUT2D eigenvalue weighted by Crippen LogP contribution is 2.21. The third-order valence-corrected chi connectivity index (χ3v) is 4.16. The fourth-order valence-corrected chi connectivity index (χ4v) is 2.69. The number of carbonyl (C=O) groups excluding carboxylic acids is 2. The van der Waals surface area contributed by atoms with Crippen LogP contribution in [0.5, 0.6) is 5.75 Å². The first-order chi connectivity index (χ1) is 10.6. The summed E-state index contributed by atoms with van der Waals surface area (Å²) in [7, 11) is 0. The number of thiophene rings is 1. The van der Waals surface area contributed by atoms with Crippen LogP contribution in [0.2, 0.25) is 0 Å². The number of rotatable bonds is 7. The fraction of sp³-hybridized carbons (Fsp3) is 0.250. The molecule has 2 aromatic rings. The Morgan fingerprint density at radius 3 is 2.82 bits per heavy atom. The predicted molar refractivity (Wildman–Crippen MR) is 85.7 cm³/mol. The molecule has 1 atom stereocenters. The summed E-state index contributed by atoms with van der Waals surface area (Å²) in [4.78, 5) is 23.9. The van der Waals surface area contributed by atoms with Gasteiger partial charge in [0.15, 0.2) is 6.61 Å². The maximum Gasteiger partial charge on any atom is 0.255 e. The van der Waals surface area contributed by atoms with Crippen LogP contribution in [-0.4, -0.2) is 18.4 Å². The van der Waals surface area contributed by atoms with Gasteiger partial charge < -0.3 is 15.8 Å². The number of amides is 2. The Kier molecular flexibility index (Phi) is 5.55. The lowest BCUT2D eigenvalue weighted by molar-refractivity contribution is -0.122. The number of ether oxygens (including phenoxy) is 1. The molecule has 2 amide bonds. The number of primary amides is 1. The number of hydrogen-bond donors (Lipinski definition) is 2. The van der Waals surface area contributed by atoms with E-state index in [1.807, 2.05) is 30.5 Å². The van der Waals surface area contributed by atoms with Gasteiger partial charge in [-0.2, -0.15) is 0 Å². The monoisotopic (exact) mass is 318 g/mol. The van der Waals surface area contributed by atoms with Crippen molar-refractivity contribution in [2.45, 2.75) is 19.4 Å². The molecule has 1 heterocycles. The predicted octanol–water partition coefficient (Wildman–Crippen LogP) is 2.03. The second kappa shape index (κ2) is 7.61. The van der Waals surface area contributed by atoms with Crippen LogP contribution >= 0.6 is 11.3 Å². The minimum Gasteiger partial charge on any atom is -0.484 e. The minimum atomic E-state index is -0.525. The van der Waals surface area contributed by atoms with Crippen molar-refractivity contribution in [1.82, 2.24) is 5.32 Å². The Labute approximate surface area is 133 Å². The number of hydrogen-bond acceptors (Lipinski definition) is 4. The van der Waals surface area contributed by atoms with E-state index in [2.05, 4.69) is 5.32 Å². The number of nitrogens with two attached hydrogens (primary N) is 1. The van der Waals surface area contributed by atoms with Crippen molar-refractivity contribution in [3.63, 3.8) is 0 Å². The van der Waals surface area contributed by atoms with E-state index in [0.717, 1.165) is 10.4 Å². The lowest BCUT2D eigenvalue weighted by atomic mass is 10.1. The highest BCUT2D eigenvalue weighted by Gasteiger charge is 2.15. The molecule has 0 saturated carbocycles. The normalized spacial score (nSPS) is 11.7. The Morgan fingerprint density at radius 2 is 2.14 bits per heavy atom. The summed E-state index contributed by atoms with van der Waals surface area (Å²) in [5.41, 5.74) is 5.93. The molecule has 0 aliphatic heterocycles. The first-order valence-corrected chi connectivity index (χ1v) is 7.75. The zero-order valence-corrected chi connectivity index (χ0v) is 13.1. The van der Waals surface area contributed by atoms with E-state index in [4.69, 9.17) is 10.5 Å². The molecule has 22 heavy (non-hydrogen) atoms. The van der Waals surface area contributed by atoms with Crippen LogP contribution in [0.25, 0.3) is 0 Å². The maximum atomic E-state index is 12.1. The second-order valence-corrected chi connectivity index (χ2v) is 5.84. The molecule has 0 spiro atoms. The second-order valence-electron chi connectivity index (χ2n) is 4.86. The zero-order valence-electron chi connectivity index (χ0n) is 12.2. The molecular formula is C16H18N2O3S. The van der Waals surface area contributed by atoms with Gasteiger partial charge in [0.25, 0.3) is 5.91 Å². The largest absolute Gasteiger partial charge is 0.484 e. The van der Waals surface area contributed by atoms with Crippen LogP contribution in [0.15, 0.2) is 41.8 Å². The molecule has 6 heteroatoms. The molecule has 0 bridgehead atoms. The van der Waals surface area contributed by atoms with E-state index in [9.17, 15) is 9.59 Å². The molecule has 1 aromatic carbocycles. The van der Waals surface area contributed by atoms with Gasteiger partial charge >= 0.3 is 0 Å². The van der Waals surface area contributed by atoms with E-state index in [1.54, 1.807) is 29.5 Å². The smallest absolute Gasteiger partial charge is 0.255 e. The average molecular weight is 318 g/mol.